The number of aromatic hydroxyl groups is 1. The van der Waals surface area contributed by atoms with Gasteiger partial charge in [0.25, 0.3) is 5.24 Å². The Kier molecular flexibility index (Phi) is 3.52. The van der Waals surface area contributed by atoms with Crippen LogP contribution in [-0.4, -0.2) is 27.4 Å². The Labute approximate surface area is 107 Å². The predicted octanol–water partition coefficient (Wildman–Crippen LogP) is 1.07. The number of carbonyl (C=O) groups is 3. The molecule has 7 heteroatoms. The Morgan fingerprint density at radius 1 is 1.39 bits per heavy atom. The Morgan fingerprint density at radius 2 is 2.11 bits per heavy atom. The minimum Gasteiger partial charge on any atom is -0.506 e. The van der Waals surface area contributed by atoms with Crippen LogP contribution in [0.5, 0.6) is 5.75 Å². The average molecular weight is 266 g/mol. The van der Waals surface area contributed by atoms with Crippen molar-refractivity contribution in [3.63, 3.8) is 0 Å². The number of thioether (sulfide) groups is 1. The monoisotopic (exact) mass is 266 g/mol. The van der Waals surface area contributed by atoms with Crippen molar-refractivity contribution in [1.82, 2.24) is 5.32 Å². The van der Waals surface area contributed by atoms with Gasteiger partial charge in [-0.05, 0) is 12.1 Å². The highest BCUT2D eigenvalue weighted by molar-refractivity contribution is 8.15. The fraction of sp³-hybridized carbons (Fsp3) is 0.182. The highest BCUT2D eigenvalue weighted by Gasteiger charge is 2.33. The molecule has 0 saturated carbocycles. The molecule has 1 aliphatic heterocycles. The van der Waals surface area contributed by atoms with Crippen molar-refractivity contribution in [1.29, 1.82) is 0 Å². The van der Waals surface area contributed by atoms with E-state index in [4.69, 9.17) is 0 Å². The molecule has 3 N–H and O–H groups in total. The molecule has 0 bridgehead atoms. The Morgan fingerprint density at radius 3 is 2.72 bits per heavy atom. The molecular weight excluding hydrogens is 256 g/mol. The number of carbonyl (C=O) groups excluding carboxylic acids is 3. The van der Waals surface area contributed by atoms with Gasteiger partial charge >= 0.3 is 0 Å². The van der Waals surface area contributed by atoms with Crippen LogP contribution in [0.1, 0.15) is 6.42 Å². The van der Waals surface area contributed by atoms with E-state index in [1.807, 2.05) is 0 Å². The molecule has 0 aromatic heterocycles. The Balaban J connectivity index is 1.95. The third-order valence-corrected chi connectivity index (χ3v) is 3.30. The number of para-hydroxylation sites is 2. The van der Waals surface area contributed by atoms with Crippen molar-refractivity contribution in [3.8, 4) is 5.75 Å². The Hall–Kier alpha value is -2.02. The first-order chi connectivity index (χ1) is 8.56. The fourth-order valence-corrected chi connectivity index (χ4v) is 2.30. The molecule has 1 heterocycles. The van der Waals surface area contributed by atoms with E-state index in [1.165, 1.54) is 6.07 Å². The quantitative estimate of drug-likeness (QED) is 0.711. The van der Waals surface area contributed by atoms with Crippen LogP contribution in [0.3, 0.4) is 0 Å². The summed E-state index contributed by atoms with van der Waals surface area (Å²) in [6, 6.07) is 6.27. The van der Waals surface area contributed by atoms with E-state index in [9.17, 15) is 19.5 Å². The predicted molar refractivity (Wildman–Crippen MR) is 66.3 cm³/mol. The van der Waals surface area contributed by atoms with Gasteiger partial charge in [0.2, 0.25) is 11.8 Å². The Bertz CT molecular complexity index is 518. The lowest BCUT2D eigenvalue weighted by molar-refractivity contribution is -0.122. The largest absolute Gasteiger partial charge is 0.506 e. The summed E-state index contributed by atoms with van der Waals surface area (Å²) in [7, 11) is 0. The van der Waals surface area contributed by atoms with Crippen molar-refractivity contribution >= 4 is 34.5 Å². The molecule has 1 fully saturated rings. The van der Waals surface area contributed by atoms with E-state index >= 15 is 0 Å². The molecule has 1 atom stereocenters. The van der Waals surface area contributed by atoms with Crippen LogP contribution in [0, 0.1) is 0 Å². The zero-order valence-electron chi connectivity index (χ0n) is 9.17. The van der Waals surface area contributed by atoms with E-state index < -0.39 is 22.3 Å². The third-order valence-electron chi connectivity index (χ3n) is 2.32. The number of phenols is 1. The summed E-state index contributed by atoms with van der Waals surface area (Å²) >= 11 is 0.794. The highest BCUT2D eigenvalue weighted by atomic mass is 32.2. The zero-order valence-corrected chi connectivity index (χ0v) is 9.99. The summed E-state index contributed by atoms with van der Waals surface area (Å²) in [5, 5.41) is 12.9. The molecule has 0 aliphatic carbocycles. The van der Waals surface area contributed by atoms with Gasteiger partial charge in [-0.15, -0.1) is 0 Å². The van der Waals surface area contributed by atoms with Crippen LogP contribution in [0.15, 0.2) is 24.3 Å². The van der Waals surface area contributed by atoms with Crippen molar-refractivity contribution in [2.45, 2.75) is 11.7 Å². The van der Waals surface area contributed by atoms with Gasteiger partial charge in [-0.25, -0.2) is 0 Å². The molecule has 1 aromatic carbocycles. The standard InChI is InChI=1S/C11H10N2O4S/c14-7-4-2-1-3-6(7)12-9(15)5-8-10(16)13-11(17)18-8/h1-4,8,14H,5H2,(H,12,15)(H,13,16,17)/t8-/m1/s1. The summed E-state index contributed by atoms with van der Waals surface area (Å²) in [4.78, 5) is 33.8. The summed E-state index contributed by atoms with van der Waals surface area (Å²) in [6.45, 7) is 0. The summed E-state index contributed by atoms with van der Waals surface area (Å²) in [6.07, 6.45) is -0.115. The number of anilines is 1. The molecule has 6 nitrogen and oxygen atoms in total. The van der Waals surface area contributed by atoms with E-state index in [2.05, 4.69) is 10.6 Å². The minimum atomic E-state index is -0.705. The molecule has 1 aromatic rings. The second kappa shape index (κ2) is 5.09. The number of nitrogens with one attached hydrogen (secondary N) is 2. The second-order valence-electron chi connectivity index (χ2n) is 3.65. The number of hydrogen-bond donors (Lipinski definition) is 3. The van der Waals surface area contributed by atoms with Gasteiger partial charge in [-0.1, -0.05) is 23.9 Å². The van der Waals surface area contributed by atoms with Crippen molar-refractivity contribution < 1.29 is 19.5 Å². The van der Waals surface area contributed by atoms with Gasteiger partial charge < -0.3 is 10.4 Å². The van der Waals surface area contributed by atoms with Gasteiger partial charge in [0, 0.05) is 6.42 Å². The molecule has 0 unspecified atom stereocenters. The maximum atomic E-state index is 11.6. The van der Waals surface area contributed by atoms with Crippen LogP contribution >= 0.6 is 11.8 Å². The number of amides is 3. The average Bonchev–Trinajstić information content (AvgIpc) is 2.61. The summed E-state index contributed by atoms with van der Waals surface area (Å²) < 4.78 is 0. The van der Waals surface area contributed by atoms with E-state index in [1.54, 1.807) is 18.2 Å². The first-order valence-electron chi connectivity index (χ1n) is 5.15. The third kappa shape index (κ3) is 2.80. The van der Waals surface area contributed by atoms with Crippen LogP contribution in [0.25, 0.3) is 0 Å². The molecule has 1 aliphatic rings. The second-order valence-corrected chi connectivity index (χ2v) is 4.83. The van der Waals surface area contributed by atoms with E-state index in [-0.39, 0.29) is 17.9 Å². The van der Waals surface area contributed by atoms with Crippen LogP contribution in [-0.2, 0) is 9.59 Å². The molecule has 0 radical (unpaired) electrons. The molecule has 94 valence electrons. The first kappa shape index (κ1) is 12.4. The van der Waals surface area contributed by atoms with Crippen molar-refractivity contribution in [3.05, 3.63) is 24.3 Å². The SMILES string of the molecule is O=C(C[C@H]1SC(=O)NC1=O)Nc1ccccc1O. The van der Waals surface area contributed by atoms with Gasteiger partial charge in [0.15, 0.2) is 0 Å². The smallest absolute Gasteiger partial charge is 0.286 e. The molecule has 18 heavy (non-hydrogen) atoms. The van der Waals surface area contributed by atoms with Crippen LogP contribution in [0.2, 0.25) is 0 Å². The van der Waals surface area contributed by atoms with Crippen LogP contribution < -0.4 is 10.6 Å². The molecule has 1 saturated heterocycles. The van der Waals surface area contributed by atoms with Crippen molar-refractivity contribution in [2.75, 3.05) is 5.32 Å². The fourth-order valence-electron chi connectivity index (χ4n) is 1.48. The zero-order chi connectivity index (χ0) is 13.1. The van der Waals surface area contributed by atoms with Crippen molar-refractivity contribution in [2.24, 2.45) is 0 Å². The lowest BCUT2D eigenvalue weighted by Gasteiger charge is -2.08. The highest BCUT2D eigenvalue weighted by Crippen LogP contribution is 2.25. The molecule has 3 amide bonds. The molecular formula is C11H10N2O4S. The van der Waals surface area contributed by atoms with E-state index in [0.717, 1.165) is 11.8 Å². The summed E-state index contributed by atoms with van der Waals surface area (Å²) in [5.74, 6) is -0.943. The van der Waals surface area contributed by atoms with Gasteiger partial charge in [-0.2, -0.15) is 0 Å². The number of imide groups is 1. The van der Waals surface area contributed by atoms with Gasteiger partial charge in [0.05, 0.1) is 5.69 Å². The topological polar surface area (TPSA) is 95.5 Å². The number of rotatable bonds is 3. The van der Waals surface area contributed by atoms with Gasteiger partial charge in [0.1, 0.15) is 11.0 Å². The lowest BCUT2D eigenvalue weighted by Crippen LogP contribution is -2.27. The molecule has 2 rings (SSSR count). The summed E-state index contributed by atoms with van der Waals surface area (Å²) in [5.41, 5.74) is 0.275. The number of phenolic OH excluding ortho intramolecular Hbond substituents is 1. The lowest BCUT2D eigenvalue weighted by atomic mass is 10.2. The van der Waals surface area contributed by atoms with Crippen LogP contribution in [0.4, 0.5) is 10.5 Å². The maximum absolute atomic E-state index is 11.6. The normalized spacial score (nSPS) is 18.6. The van der Waals surface area contributed by atoms with Gasteiger partial charge in [-0.3, -0.25) is 19.7 Å². The minimum absolute atomic E-state index is 0.0505. The maximum Gasteiger partial charge on any atom is 0.286 e. The van der Waals surface area contributed by atoms with E-state index in [0.29, 0.717) is 0 Å². The number of hydrogen-bond acceptors (Lipinski definition) is 5. The number of benzene rings is 1. The first-order valence-corrected chi connectivity index (χ1v) is 6.03. The molecule has 0 spiro atoms.